The van der Waals surface area contributed by atoms with Crippen LogP contribution in [-0.4, -0.2) is 55.5 Å². The van der Waals surface area contributed by atoms with Crippen LogP contribution in [0.4, 0.5) is 5.00 Å². The molecule has 2 aromatic rings. The molecule has 2 aliphatic rings. The maximum absolute atomic E-state index is 12.7. The molecule has 2 aliphatic heterocycles. The number of guanidine groups is 1. The van der Waals surface area contributed by atoms with Gasteiger partial charge in [-0.1, -0.05) is 24.3 Å². The van der Waals surface area contributed by atoms with Gasteiger partial charge in [0.05, 0.1) is 5.00 Å². The Kier molecular flexibility index (Phi) is 6.89. The minimum atomic E-state index is 0.0919. The number of anilines is 1. The molecule has 0 atom stereocenters. The van der Waals surface area contributed by atoms with Gasteiger partial charge in [0.1, 0.15) is 6.54 Å². The molecule has 6 nitrogen and oxygen atoms in total. The number of benzene rings is 1. The lowest BCUT2D eigenvalue weighted by Gasteiger charge is -2.33. The van der Waals surface area contributed by atoms with Gasteiger partial charge < -0.3 is 20.4 Å². The number of nitrogens with one attached hydrogen (secondary N) is 2. The van der Waals surface area contributed by atoms with Crippen molar-refractivity contribution < 1.29 is 4.79 Å². The summed E-state index contributed by atoms with van der Waals surface area (Å²) in [5.41, 5.74) is 2.61. The molecule has 0 aliphatic carbocycles. The molecule has 1 aromatic heterocycles. The number of nitrogens with zero attached hydrogens (tertiary/aromatic N) is 3. The van der Waals surface area contributed by atoms with E-state index in [1.54, 1.807) is 11.3 Å². The van der Waals surface area contributed by atoms with Crippen LogP contribution in [0.3, 0.4) is 0 Å². The van der Waals surface area contributed by atoms with Crippen molar-refractivity contribution in [1.82, 2.24) is 15.5 Å². The standard InChI is InChI=1S/C23H31N5OS/c1-2-24-23(26-20-10-13-27(14-11-20)22-8-5-15-30-22)25-16-21(29)28-12-9-18-6-3-4-7-19(18)17-28/h3-8,15,20H,2,9-14,16-17H2,1H3,(H2,24,25,26). The molecular weight excluding hydrogens is 394 g/mol. The predicted octanol–water partition coefficient (Wildman–Crippen LogP) is 2.86. The lowest BCUT2D eigenvalue weighted by Crippen LogP contribution is -2.49. The van der Waals surface area contributed by atoms with Crippen LogP contribution in [0.1, 0.15) is 30.9 Å². The summed E-state index contributed by atoms with van der Waals surface area (Å²) < 4.78 is 0. The fraction of sp³-hybridized carbons (Fsp3) is 0.478. The number of rotatable bonds is 5. The van der Waals surface area contributed by atoms with Gasteiger partial charge in [0.25, 0.3) is 0 Å². The van der Waals surface area contributed by atoms with Crippen LogP contribution in [-0.2, 0) is 17.8 Å². The highest BCUT2D eigenvalue weighted by Crippen LogP contribution is 2.24. The molecule has 0 unspecified atom stereocenters. The van der Waals surface area contributed by atoms with Crippen LogP contribution in [0.5, 0.6) is 0 Å². The number of carbonyl (C=O) groups excluding carboxylic acids is 1. The molecule has 1 saturated heterocycles. The first-order valence-corrected chi connectivity index (χ1v) is 11.8. The highest BCUT2D eigenvalue weighted by atomic mass is 32.1. The second-order valence-electron chi connectivity index (χ2n) is 7.89. The summed E-state index contributed by atoms with van der Waals surface area (Å²) in [5, 5.41) is 10.3. The zero-order valence-electron chi connectivity index (χ0n) is 17.6. The van der Waals surface area contributed by atoms with Crippen molar-refractivity contribution in [3.63, 3.8) is 0 Å². The number of hydrogen-bond donors (Lipinski definition) is 2. The summed E-state index contributed by atoms with van der Waals surface area (Å²) in [5.74, 6) is 0.840. The molecule has 30 heavy (non-hydrogen) atoms. The number of piperidine rings is 1. The first-order chi connectivity index (χ1) is 14.7. The summed E-state index contributed by atoms with van der Waals surface area (Å²) in [6.45, 7) is 6.58. The van der Waals surface area contributed by atoms with Crippen molar-refractivity contribution in [1.29, 1.82) is 0 Å². The van der Waals surface area contributed by atoms with E-state index in [0.29, 0.717) is 12.6 Å². The average molecular weight is 426 g/mol. The molecule has 160 valence electrons. The first kappa shape index (κ1) is 20.7. The van der Waals surface area contributed by atoms with Crippen molar-refractivity contribution in [2.45, 2.75) is 38.8 Å². The van der Waals surface area contributed by atoms with E-state index in [0.717, 1.165) is 51.4 Å². The van der Waals surface area contributed by atoms with Gasteiger partial charge in [-0.25, -0.2) is 4.99 Å². The number of aliphatic imine (C=N–C) groups is 1. The predicted molar refractivity (Wildman–Crippen MR) is 124 cm³/mol. The van der Waals surface area contributed by atoms with Gasteiger partial charge in [-0.3, -0.25) is 4.79 Å². The molecule has 1 aromatic carbocycles. The van der Waals surface area contributed by atoms with Gasteiger partial charge in [0.15, 0.2) is 5.96 Å². The molecule has 2 N–H and O–H groups in total. The van der Waals surface area contributed by atoms with Gasteiger partial charge in [-0.05, 0) is 54.8 Å². The van der Waals surface area contributed by atoms with E-state index in [4.69, 9.17) is 0 Å². The van der Waals surface area contributed by atoms with Crippen LogP contribution in [0.15, 0.2) is 46.8 Å². The van der Waals surface area contributed by atoms with Crippen molar-refractivity contribution >= 4 is 28.2 Å². The van der Waals surface area contributed by atoms with Crippen LogP contribution in [0, 0.1) is 0 Å². The third-order valence-corrected chi connectivity index (χ3v) is 6.78. The largest absolute Gasteiger partial charge is 0.363 e. The molecule has 0 bridgehead atoms. The monoisotopic (exact) mass is 425 g/mol. The Morgan fingerprint density at radius 1 is 1.13 bits per heavy atom. The van der Waals surface area contributed by atoms with Crippen molar-refractivity contribution in [3.05, 3.63) is 52.9 Å². The third kappa shape index (κ3) is 5.14. The maximum Gasteiger partial charge on any atom is 0.244 e. The van der Waals surface area contributed by atoms with Gasteiger partial charge in [-0.2, -0.15) is 0 Å². The van der Waals surface area contributed by atoms with Crippen LogP contribution < -0.4 is 15.5 Å². The number of thiophene rings is 1. The Balaban J connectivity index is 1.29. The van der Waals surface area contributed by atoms with Crippen LogP contribution in [0.25, 0.3) is 0 Å². The zero-order valence-corrected chi connectivity index (χ0v) is 18.5. The van der Waals surface area contributed by atoms with Crippen molar-refractivity contribution in [2.24, 2.45) is 4.99 Å². The lowest BCUT2D eigenvalue weighted by molar-refractivity contribution is -0.130. The second-order valence-corrected chi connectivity index (χ2v) is 8.81. The SMILES string of the molecule is CCNC(=NCC(=O)N1CCc2ccccc2C1)NC1CCN(c2cccs2)CC1. The number of fused-ring (bicyclic) bond motifs is 1. The van der Waals surface area contributed by atoms with Crippen molar-refractivity contribution in [2.75, 3.05) is 37.6 Å². The molecule has 0 radical (unpaired) electrons. The second kappa shape index (κ2) is 9.98. The van der Waals surface area contributed by atoms with Gasteiger partial charge in [-0.15, -0.1) is 11.3 Å². The summed E-state index contributed by atoms with van der Waals surface area (Å²) in [6.07, 6.45) is 3.06. The number of carbonyl (C=O) groups is 1. The Labute approximate surface area is 183 Å². The first-order valence-electron chi connectivity index (χ1n) is 10.9. The van der Waals surface area contributed by atoms with Gasteiger partial charge >= 0.3 is 0 Å². The van der Waals surface area contributed by atoms with Crippen LogP contribution >= 0.6 is 11.3 Å². The van der Waals surface area contributed by atoms with E-state index >= 15 is 0 Å². The summed E-state index contributed by atoms with van der Waals surface area (Å²) >= 11 is 1.80. The molecule has 7 heteroatoms. The molecule has 4 rings (SSSR count). The maximum atomic E-state index is 12.7. The fourth-order valence-electron chi connectivity index (χ4n) is 4.16. The van der Waals surface area contributed by atoms with E-state index in [9.17, 15) is 4.79 Å². The molecule has 1 fully saturated rings. The Morgan fingerprint density at radius 3 is 2.67 bits per heavy atom. The number of hydrogen-bond acceptors (Lipinski definition) is 4. The van der Waals surface area contributed by atoms with E-state index in [2.05, 4.69) is 63.2 Å². The molecule has 3 heterocycles. The summed E-state index contributed by atoms with van der Waals surface area (Å²) in [7, 11) is 0. The van der Waals surface area contributed by atoms with E-state index < -0.39 is 0 Å². The summed E-state index contributed by atoms with van der Waals surface area (Å²) in [4.78, 5) is 21.7. The lowest BCUT2D eigenvalue weighted by atomic mass is 10.00. The Hall–Kier alpha value is -2.54. The molecule has 1 amide bonds. The highest BCUT2D eigenvalue weighted by Gasteiger charge is 2.22. The molecule has 0 saturated carbocycles. The quantitative estimate of drug-likeness (QED) is 0.571. The minimum absolute atomic E-state index is 0.0919. The number of amides is 1. The summed E-state index contributed by atoms with van der Waals surface area (Å²) in [6, 6.07) is 13.1. The molecule has 0 spiro atoms. The van der Waals surface area contributed by atoms with Gasteiger partial charge in [0, 0.05) is 38.8 Å². The topological polar surface area (TPSA) is 60.0 Å². The van der Waals surface area contributed by atoms with E-state index in [-0.39, 0.29) is 12.5 Å². The average Bonchev–Trinajstić information content (AvgIpc) is 3.32. The highest BCUT2D eigenvalue weighted by molar-refractivity contribution is 7.14. The third-order valence-electron chi connectivity index (χ3n) is 5.85. The Morgan fingerprint density at radius 2 is 1.93 bits per heavy atom. The van der Waals surface area contributed by atoms with Crippen molar-refractivity contribution in [3.8, 4) is 0 Å². The zero-order chi connectivity index (χ0) is 20.8. The van der Waals surface area contributed by atoms with E-state index in [1.807, 2.05) is 11.0 Å². The smallest absolute Gasteiger partial charge is 0.244 e. The normalized spacial score (nSPS) is 17.6. The molecular formula is C23H31N5OS. The van der Waals surface area contributed by atoms with E-state index in [1.165, 1.54) is 16.1 Å². The fourth-order valence-corrected chi connectivity index (χ4v) is 4.95. The van der Waals surface area contributed by atoms with Gasteiger partial charge in [0.2, 0.25) is 5.91 Å². The minimum Gasteiger partial charge on any atom is -0.363 e. The Bertz CT molecular complexity index is 858. The van der Waals surface area contributed by atoms with Crippen LogP contribution in [0.2, 0.25) is 0 Å².